The first-order valence-corrected chi connectivity index (χ1v) is 10.5. The van der Waals surface area contributed by atoms with Crippen molar-refractivity contribution in [3.63, 3.8) is 0 Å². The molecule has 5 nitrogen and oxygen atoms in total. The first kappa shape index (κ1) is 19.1. The molecule has 2 N–H and O–H groups in total. The monoisotopic (exact) mass is 367 g/mol. The van der Waals surface area contributed by atoms with Gasteiger partial charge in [-0.05, 0) is 32.6 Å². The van der Waals surface area contributed by atoms with Gasteiger partial charge in [-0.3, -0.25) is 9.59 Å². The summed E-state index contributed by atoms with van der Waals surface area (Å²) < 4.78 is 0. The van der Waals surface area contributed by atoms with Crippen LogP contribution in [-0.4, -0.2) is 55.4 Å². The van der Waals surface area contributed by atoms with E-state index >= 15 is 0 Å². The summed E-state index contributed by atoms with van der Waals surface area (Å²) in [6, 6.07) is 7.53. The Kier molecular flexibility index (Phi) is 7.01. The van der Waals surface area contributed by atoms with Crippen LogP contribution in [0.2, 0.25) is 0 Å². The zero-order valence-electron chi connectivity index (χ0n) is 14.4. The van der Waals surface area contributed by atoms with E-state index in [1.54, 1.807) is 21.6 Å². The number of nitrogens with one attached hydrogen (secondary N) is 2. The normalized spacial score (nSPS) is 19.2. The van der Waals surface area contributed by atoms with Gasteiger partial charge in [-0.15, -0.1) is 0 Å². The van der Waals surface area contributed by atoms with E-state index in [1.807, 2.05) is 31.2 Å². The van der Waals surface area contributed by atoms with E-state index < -0.39 is 5.54 Å². The number of carbonyl (C=O) groups excluding carboxylic acids is 2. The zero-order valence-corrected chi connectivity index (χ0v) is 16.1. The van der Waals surface area contributed by atoms with Gasteiger partial charge in [0.05, 0.1) is 5.54 Å². The molecule has 0 spiro atoms. The van der Waals surface area contributed by atoms with Crippen molar-refractivity contribution >= 4 is 33.4 Å². The van der Waals surface area contributed by atoms with Crippen molar-refractivity contribution in [3.05, 3.63) is 35.4 Å². The van der Waals surface area contributed by atoms with Crippen LogP contribution in [0.5, 0.6) is 0 Å². The fraction of sp³-hybridized carbons (Fsp3) is 0.529. The maximum Gasteiger partial charge on any atom is 0.252 e. The highest BCUT2D eigenvalue weighted by atomic mass is 33.1. The highest BCUT2D eigenvalue weighted by Gasteiger charge is 2.38. The molecule has 1 aliphatic rings. The number of benzene rings is 1. The Bertz CT molecular complexity index is 595. The van der Waals surface area contributed by atoms with Gasteiger partial charge in [0, 0.05) is 36.6 Å². The second-order valence-corrected chi connectivity index (χ2v) is 9.01. The lowest BCUT2D eigenvalue weighted by Gasteiger charge is -2.26. The average molecular weight is 368 g/mol. The molecule has 132 valence electrons. The van der Waals surface area contributed by atoms with Gasteiger partial charge in [-0.2, -0.15) is 0 Å². The fourth-order valence-corrected chi connectivity index (χ4v) is 4.65. The molecule has 2 amide bonds. The van der Waals surface area contributed by atoms with Gasteiger partial charge in [0.25, 0.3) is 5.91 Å². The second-order valence-electron chi connectivity index (χ2n) is 6.31. The predicted octanol–water partition coefficient (Wildman–Crippen LogP) is 2.09. The number of nitrogens with zero attached hydrogens (tertiary/aromatic N) is 1. The Morgan fingerprint density at radius 1 is 1.25 bits per heavy atom. The van der Waals surface area contributed by atoms with Crippen molar-refractivity contribution in [2.75, 3.05) is 38.7 Å². The van der Waals surface area contributed by atoms with E-state index in [0.717, 1.165) is 23.6 Å². The van der Waals surface area contributed by atoms with Gasteiger partial charge in [-0.1, -0.05) is 39.8 Å². The van der Waals surface area contributed by atoms with Gasteiger partial charge in [-0.25, -0.2) is 0 Å². The van der Waals surface area contributed by atoms with Crippen molar-refractivity contribution in [3.8, 4) is 0 Å². The van der Waals surface area contributed by atoms with Crippen molar-refractivity contribution in [2.24, 2.45) is 0 Å². The van der Waals surface area contributed by atoms with Crippen molar-refractivity contribution in [1.82, 2.24) is 15.5 Å². The van der Waals surface area contributed by atoms with Crippen molar-refractivity contribution in [2.45, 2.75) is 18.9 Å². The summed E-state index contributed by atoms with van der Waals surface area (Å²) in [6.45, 7) is 3.40. The molecule has 0 fully saturated rings. The molecule has 1 heterocycles. The molecule has 1 unspecified atom stereocenters. The first-order valence-electron chi connectivity index (χ1n) is 8.00. The maximum atomic E-state index is 12.0. The lowest BCUT2D eigenvalue weighted by atomic mass is 9.92. The maximum absolute atomic E-state index is 12.0. The fourth-order valence-electron chi connectivity index (χ4n) is 2.52. The minimum absolute atomic E-state index is 0.0237. The van der Waals surface area contributed by atoms with Crippen LogP contribution in [0, 0.1) is 0 Å². The van der Waals surface area contributed by atoms with Gasteiger partial charge in [0.2, 0.25) is 5.91 Å². The standard InChI is InChI=1S/C17H25N3O2S2/c1-17(14-7-5-4-6-13(14)16(22)19-17)12-18-15(21)8-10-23-24-11-9-20(2)3/h4-7H,8-12H2,1-3H3,(H,18,21)(H,19,22). The lowest BCUT2D eigenvalue weighted by Crippen LogP contribution is -2.46. The SMILES string of the molecule is CN(C)CCSSCCC(=O)NCC1(C)NC(=O)c2ccccc21. The molecule has 1 aromatic rings. The van der Waals surface area contributed by atoms with E-state index in [9.17, 15) is 9.59 Å². The predicted molar refractivity (Wildman–Crippen MR) is 102 cm³/mol. The molecule has 0 bridgehead atoms. The van der Waals surface area contributed by atoms with Crippen LogP contribution < -0.4 is 10.6 Å². The molecular formula is C17H25N3O2S2. The van der Waals surface area contributed by atoms with E-state index in [2.05, 4.69) is 29.6 Å². The summed E-state index contributed by atoms with van der Waals surface area (Å²) >= 11 is 0. The van der Waals surface area contributed by atoms with Gasteiger partial charge in [0.15, 0.2) is 0 Å². The Labute approximate surface area is 151 Å². The number of hydrogen-bond donors (Lipinski definition) is 2. The van der Waals surface area contributed by atoms with Crippen molar-refractivity contribution < 1.29 is 9.59 Å². The van der Waals surface area contributed by atoms with Crippen LogP contribution in [0.1, 0.15) is 29.3 Å². The Morgan fingerprint density at radius 3 is 2.71 bits per heavy atom. The lowest BCUT2D eigenvalue weighted by molar-refractivity contribution is -0.120. The molecule has 0 saturated carbocycles. The molecule has 24 heavy (non-hydrogen) atoms. The second kappa shape index (κ2) is 8.78. The minimum Gasteiger partial charge on any atom is -0.353 e. The average Bonchev–Trinajstić information content (AvgIpc) is 2.81. The van der Waals surface area contributed by atoms with Crippen molar-refractivity contribution in [1.29, 1.82) is 0 Å². The molecule has 0 saturated heterocycles. The molecule has 0 radical (unpaired) electrons. The van der Waals surface area contributed by atoms with Crippen LogP contribution >= 0.6 is 21.6 Å². The van der Waals surface area contributed by atoms with E-state index in [-0.39, 0.29) is 11.8 Å². The Balaban J connectivity index is 1.72. The molecule has 0 aromatic heterocycles. The van der Waals surface area contributed by atoms with E-state index in [4.69, 9.17) is 0 Å². The molecule has 7 heteroatoms. The quantitative estimate of drug-likeness (QED) is 0.517. The summed E-state index contributed by atoms with van der Waals surface area (Å²) in [4.78, 5) is 26.2. The van der Waals surface area contributed by atoms with Gasteiger partial charge < -0.3 is 15.5 Å². The topological polar surface area (TPSA) is 61.4 Å². The third-order valence-electron chi connectivity index (χ3n) is 3.91. The highest BCUT2D eigenvalue weighted by Crippen LogP contribution is 2.30. The summed E-state index contributed by atoms with van der Waals surface area (Å²) in [5.41, 5.74) is 1.11. The third-order valence-corrected chi connectivity index (χ3v) is 6.30. The molecule has 1 atom stereocenters. The van der Waals surface area contributed by atoms with E-state index in [0.29, 0.717) is 18.5 Å². The Hall–Kier alpha value is -1.18. The van der Waals surface area contributed by atoms with Crippen LogP contribution in [-0.2, 0) is 10.3 Å². The van der Waals surface area contributed by atoms with Crippen LogP contribution in [0.3, 0.4) is 0 Å². The summed E-state index contributed by atoms with van der Waals surface area (Å²) in [5, 5.41) is 5.93. The molecule has 0 aliphatic carbocycles. The van der Waals surface area contributed by atoms with Gasteiger partial charge in [0.1, 0.15) is 0 Å². The first-order chi connectivity index (χ1) is 11.4. The molecule has 1 aliphatic heterocycles. The smallest absolute Gasteiger partial charge is 0.252 e. The van der Waals surface area contributed by atoms with Gasteiger partial charge >= 0.3 is 0 Å². The van der Waals surface area contributed by atoms with E-state index in [1.165, 1.54) is 0 Å². The molecule has 2 rings (SSSR count). The minimum atomic E-state index is -0.531. The third kappa shape index (κ3) is 5.16. The van der Waals surface area contributed by atoms with Crippen LogP contribution in [0.15, 0.2) is 24.3 Å². The largest absolute Gasteiger partial charge is 0.353 e. The molecule has 1 aromatic carbocycles. The number of carbonyl (C=O) groups is 2. The number of fused-ring (bicyclic) bond motifs is 1. The number of amides is 2. The highest BCUT2D eigenvalue weighted by molar-refractivity contribution is 8.76. The zero-order chi connectivity index (χ0) is 17.6. The number of rotatable bonds is 9. The Morgan fingerprint density at radius 2 is 1.96 bits per heavy atom. The number of hydrogen-bond acceptors (Lipinski definition) is 5. The van der Waals surface area contributed by atoms with Crippen LogP contribution in [0.4, 0.5) is 0 Å². The van der Waals surface area contributed by atoms with Crippen LogP contribution in [0.25, 0.3) is 0 Å². The summed E-state index contributed by atoms with van der Waals surface area (Å²) in [7, 11) is 7.63. The summed E-state index contributed by atoms with van der Waals surface area (Å²) in [5.74, 6) is 1.80. The summed E-state index contributed by atoms with van der Waals surface area (Å²) in [6.07, 6.45) is 0.491. The molecular weight excluding hydrogens is 342 g/mol.